The van der Waals surface area contributed by atoms with E-state index in [1.54, 1.807) is 30.0 Å². The minimum atomic E-state index is 0.145. The zero-order valence-corrected chi connectivity index (χ0v) is 10.5. The molecule has 0 aliphatic heterocycles. The fourth-order valence-corrected chi connectivity index (χ4v) is 4.02. The normalized spacial score (nSPS) is 15.2. The minimum absolute atomic E-state index is 0.145. The van der Waals surface area contributed by atoms with E-state index in [0.29, 0.717) is 5.71 Å². The maximum atomic E-state index is 11.5. The summed E-state index contributed by atoms with van der Waals surface area (Å²) in [5.74, 6) is 0.145. The van der Waals surface area contributed by atoms with E-state index < -0.39 is 0 Å². The average molecular weight is 239 g/mol. The highest BCUT2D eigenvalue weighted by molar-refractivity contribution is 8.00. The Bertz CT molecular complexity index is 434. The molecule has 0 aromatic carbocycles. The maximum Gasteiger partial charge on any atom is 0.170 e. The van der Waals surface area contributed by atoms with Crippen LogP contribution < -0.4 is 0 Å². The van der Waals surface area contributed by atoms with Crippen LogP contribution in [0, 0.1) is 5.41 Å². The van der Waals surface area contributed by atoms with Crippen LogP contribution in [-0.2, 0) is 6.42 Å². The molecule has 0 fully saturated rings. The van der Waals surface area contributed by atoms with Crippen LogP contribution in [0.25, 0.3) is 0 Å². The summed E-state index contributed by atoms with van der Waals surface area (Å²) in [5.41, 5.74) is 2.90. The number of hydrogen-bond donors (Lipinski definition) is 1. The quantitative estimate of drug-likeness (QED) is 0.635. The van der Waals surface area contributed by atoms with Gasteiger partial charge in [-0.15, -0.1) is 23.1 Å². The molecule has 0 bridgehead atoms. The van der Waals surface area contributed by atoms with Crippen LogP contribution in [-0.4, -0.2) is 17.8 Å². The van der Waals surface area contributed by atoms with Crippen LogP contribution in [0.15, 0.2) is 4.21 Å². The van der Waals surface area contributed by atoms with Crippen LogP contribution in [0.4, 0.5) is 0 Å². The molecule has 1 N–H and O–H groups in total. The fourth-order valence-electron chi connectivity index (χ4n) is 1.98. The third kappa shape index (κ3) is 1.76. The predicted molar refractivity (Wildman–Crippen MR) is 65.9 cm³/mol. The molecular formula is C11H13NOS2. The fraction of sp³-hybridized carbons (Fsp3) is 0.455. The minimum Gasteiger partial charge on any atom is -0.305 e. The van der Waals surface area contributed by atoms with Crippen LogP contribution in [0.3, 0.4) is 0 Å². The number of thioether (sulfide) groups is 1. The van der Waals surface area contributed by atoms with Crippen LogP contribution in [0.1, 0.15) is 40.6 Å². The summed E-state index contributed by atoms with van der Waals surface area (Å²) in [6, 6.07) is 0. The number of thiophene rings is 1. The highest BCUT2D eigenvalue weighted by atomic mass is 32.2. The lowest BCUT2D eigenvalue weighted by atomic mass is 9.91. The van der Waals surface area contributed by atoms with Gasteiger partial charge in [0.05, 0.1) is 9.09 Å². The molecule has 0 amide bonds. The number of rotatable bonds is 2. The Morgan fingerprint density at radius 1 is 1.47 bits per heavy atom. The standard InChI is InChI=1S/C11H13NOS2/c1-6(13)10-7-4-3-5-8(12)9(7)11(14-2)15-10/h12H,3-5H2,1-2H3. The molecule has 1 heterocycles. The second kappa shape index (κ2) is 4.10. The van der Waals surface area contributed by atoms with E-state index in [2.05, 4.69) is 0 Å². The highest BCUT2D eigenvalue weighted by Gasteiger charge is 2.25. The van der Waals surface area contributed by atoms with Gasteiger partial charge in [0.25, 0.3) is 0 Å². The van der Waals surface area contributed by atoms with Gasteiger partial charge < -0.3 is 5.41 Å². The lowest BCUT2D eigenvalue weighted by Gasteiger charge is -2.14. The largest absolute Gasteiger partial charge is 0.305 e. The molecule has 0 spiro atoms. The molecule has 1 aliphatic rings. The van der Waals surface area contributed by atoms with E-state index in [4.69, 9.17) is 5.41 Å². The molecule has 2 rings (SSSR count). The average Bonchev–Trinajstić information content (AvgIpc) is 2.58. The van der Waals surface area contributed by atoms with Gasteiger partial charge in [-0.3, -0.25) is 4.79 Å². The first kappa shape index (κ1) is 10.9. The molecule has 1 aromatic rings. The predicted octanol–water partition coefficient (Wildman–Crippen LogP) is 3.38. The molecule has 1 aliphatic carbocycles. The molecule has 0 saturated carbocycles. The molecule has 80 valence electrons. The second-order valence-corrected chi connectivity index (χ2v) is 5.76. The van der Waals surface area contributed by atoms with Crippen LogP contribution in [0.5, 0.6) is 0 Å². The molecule has 0 radical (unpaired) electrons. The molecule has 0 saturated heterocycles. The van der Waals surface area contributed by atoms with Crippen LogP contribution in [0.2, 0.25) is 0 Å². The van der Waals surface area contributed by atoms with E-state index in [1.807, 2.05) is 6.26 Å². The van der Waals surface area contributed by atoms with Gasteiger partial charge >= 0.3 is 0 Å². The van der Waals surface area contributed by atoms with Crippen molar-refractivity contribution < 1.29 is 4.79 Å². The lowest BCUT2D eigenvalue weighted by molar-refractivity contribution is 0.102. The van der Waals surface area contributed by atoms with Crippen molar-refractivity contribution in [3.8, 4) is 0 Å². The molecule has 0 unspecified atom stereocenters. The summed E-state index contributed by atoms with van der Waals surface area (Å²) in [5, 5.41) is 7.95. The number of fused-ring (bicyclic) bond motifs is 1. The van der Waals surface area contributed by atoms with E-state index in [0.717, 1.165) is 39.5 Å². The summed E-state index contributed by atoms with van der Waals surface area (Å²) in [6.07, 6.45) is 4.84. The van der Waals surface area contributed by atoms with Crippen molar-refractivity contribution in [1.29, 1.82) is 5.41 Å². The third-order valence-electron chi connectivity index (χ3n) is 2.64. The second-order valence-electron chi connectivity index (χ2n) is 3.66. The zero-order chi connectivity index (χ0) is 11.0. The van der Waals surface area contributed by atoms with E-state index in [-0.39, 0.29) is 5.78 Å². The Labute approximate surface area is 97.6 Å². The number of carbonyl (C=O) groups excluding carboxylic acids is 1. The van der Waals surface area contributed by atoms with Gasteiger partial charge in [0.2, 0.25) is 0 Å². The zero-order valence-electron chi connectivity index (χ0n) is 8.85. The van der Waals surface area contributed by atoms with Crippen molar-refractivity contribution in [1.82, 2.24) is 0 Å². The van der Waals surface area contributed by atoms with Gasteiger partial charge in [0, 0.05) is 11.3 Å². The summed E-state index contributed by atoms with van der Waals surface area (Å²) in [7, 11) is 0. The first-order valence-electron chi connectivity index (χ1n) is 4.93. The first-order valence-corrected chi connectivity index (χ1v) is 6.97. The van der Waals surface area contributed by atoms with E-state index in [9.17, 15) is 4.79 Å². The highest BCUT2D eigenvalue weighted by Crippen LogP contribution is 2.39. The Kier molecular flexibility index (Phi) is 2.98. The van der Waals surface area contributed by atoms with Crippen molar-refractivity contribution in [3.05, 3.63) is 16.0 Å². The van der Waals surface area contributed by atoms with Gasteiger partial charge in [-0.1, -0.05) is 0 Å². The van der Waals surface area contributed by atoms with Gasteiger partial charge in [0.15, 0.2) is 5.78 Å². The Balaban J connectivity index is 2.62. The van der Waals surface area contributed by atoms with Crippen molar-refractivity contribution in [2.24, 2.45) is 0 Å². The van der Waals surface area contributed by atoms with Gasteiger partial charge in [-0.2, -0.15) is 0 Å². The smallest absolute Gasteiger partial charge is 0.170 e. The SMILES string of the molecule is CSc1sc(C(C)=O)c2c1C(=N)CCC2. The van der Waals surface area contributed by atoms with E-state index >= 15 is 0 Å². The number of ketones is 1. The summed E-state index contributed by atoms with van der Waals surface area (Å²) in [4.78, 5) is 12.4. The van der Waals surface area contributed by atoms with Crippen molar-refractivity contribution >= 4 is 34.6 Å². The number of Topliss-reactive ketones (excluding diaryl/α,β-unsaturated/α-hetero) is 1. The maximum absolute atomic E-state index is 11.5. The van der Waals surface area contributed by atoms with Crippen molar-refractivity contribution in [2.75, 3.05) is 6.26 Å². The van der Waals surface area contributed by atoms with Crippen LogP contribution >= 0.6 is 23.1 Å². The topological polar surface area (TPSA) is 40.9 Å². The molecule has 2 nitrogen and oxygen atoms in total. The number of carbonyl (C=O) groups is 1. The summed E-state index contributed by atoms with van der Waals surface area (Å²) in [6.45, 7) is 1.62. The first-order chi connectivity index (χ1) is 7.15. The molecule has 4 heteroatoms. The lowest BCUT2D eigenvalue weighted by Crippen LogP contribution is -2.11. The number of hydrogen-bond acceptors (Lipinski definition) is 4. The monoisotopic (exact) mass is 239 g/mol. The van der Waals surface area contributed by atoms with Crippen molar-refractivity contribution in [3.63, 3.8) is 0 Å². The van der Waals surface area contributed by atoms with Gasteiger partial charge in [-0.05, 0) is 38.0 Å². The van der Waals surface area contributed by atoms with Gasteiger partial charge in [-0.25, -0.2) is 0 Å². The van der Waals surface area contributed by atoms with Gasteiger partial charge in [0.1, 0.15) is 0 Å². The third-order valence-corrected chi connectivity index (χ3v) is 5.09. The Morgan fingerprint density at radius 3 is 2.80 bits per heavy atom. The number of nitrogens with one attached hydrogen (secondary N) is 1. The Hall–Kier alpha value is -0.610. The Morgan fingerprint density at radius 2 is 2.20 bits per heavy atom. The molecule has 1 aromatic heterocycles. The molecular weight excluding hydrogens is 226 g/mol. The summed E-state index contributed by atoms with van der Waals surface area (Å²) < 4.78 is 1.14. The summed E-state index contributed by atoms with van der Waals surface area (Å²) >= 11 is 3.21. The van der Waals surface area contributed by atoms with E-state index in [1.165, 1.54) is 0 Å². The van der Waals surface area contributed by atoms with Crippen molar-refractivity contribution in [2.45, 2.75) is 30.4 Å². The molecule has 0 atom stereocenters. The molecule has 15 heavy (non-hydrogen) atoms.